The van der Waals surface area contributed by atoms with E-state index in [1.807, 2.05) is 22.8 Å². The molecule has 1 aromatic heterocycles. The lowest BCUT2D eigenvalue weighted by atomic mass is 10.1. The number of esters is 2. The van der Waals surface area contributed by atoms with Gasteiger partial charge in [-0.1, -0.05) is 48.5 Å². The van der Waals surface area contributed by atoms with Crippen LogP contribution in [-0.2, 0) is 25.6 Å². The smallest absolute Gasteiger partial charge is 0.326 e. The zero-order valence-corrected chi connectivity index (χ0v) is 17.9. The van der Waals surface area contributed by atoms with Crippen molar-refractivity contribution in [3.63, 3.8) is 0 Å². The van der Waals surface area contributed by atoms with E-state index < -0.39 is 17.9 Å². The second-order valence-electron chi connectivity index (χ2n) is 5.93. The summed E-state index contributed by atoms with van der Waals surface area (Å²) in [6.07, 6.45) is 2.52. The second-order valence-corrected chi connectivity index (χ2v) is 7.40. The third-order valence-corrected chi connectivity index (χ3v) is 5.48. The van der Waals surface area contributed by atoms with Gasteiger partial charge in [-0.25, -0.2) is 4.98 Å². The molecule has 0 saturated heterocycles. The van der Waals surface area contributed by atoms with Crippen molar-refractivity contribution in [1.82, 2.24) is 9.55 Å². The van der Waals surface area contributed by atoms with Crippen molar-refractivity contribution in [3.05, 3.63) is 46.7 Å². The van der Waals surface area contributed by atoms with Crippen LogP contribution in [0.25, 0.3) is 0 Å². The highest BCUT2D eigenvalue weighted by Gasteiger charge is 2.35. The molecule has 2 aromatic rings. The number of carbonyl (C=O) groups excluding carboxylic acids is 2. The molecule has 8 heteroatoms. The standard InChI is InChI=1S/C20H25ClN2O4S/c1-4-11-28-20-22-12-16(17(18(24)26-5-2)19(25)27-6-3)23(20)13-14-9-7-8-10-15(14)21/h7-10,12,17H,4-6,11,13H2,1-3H3. The van der Waals surface area contributed by atoms with Gasteiger partial charge in [0.25, 0.3) is 0 Å². The van der Waals surface area contributed by atoms with Crippen molar-refractivity contribution in [2.75, 3.05) is 19.0 Å². The van der Waals surface area contributed by atoms with Gasteiger partial charge in [0.05, 0.1) is 31.6 Å². The Balaban J connectivity index is 2.50. The molecule has 0 radical (unpaired) electrons. The molecule has 0 fully saturated rings. The van der Waals surface area contributed by atoms with Crippen LogP contribution in [0, 0.1) is 0 Å². The average Bonchev–Trinajstić information content (AvgIpc) is 3.05. The van der Waals surface area contributed by atoms with Crippen molar-refractivity contribution in [3.8, 4) is 0 Å². The van der Waals surface area contributed by atoms with E-state index in [1.165, 1.54) is 0 Å². The summed E-state index contributed by atoms with van der Waals surface area (Å²) < 4.78 is 12.1. The molecule has 0 atom stereocenters. The van der Waals surface area contributed by atoms with Gasteiger partial charge in [0, 0.05) is 10.8 Å². The first kappa shape index (κ1) is 22.3. The summed E-state index contributed by atoms with van der Waals surface area (Å²) >= 11 is 7.90. The first-order chi connectivity index (χ1) is 13.5. The number of halogens is 1. The minimum absolute atomic E-state index is 0.171. The van der Waals surface area contributed by atoms with E-state index in [1.54, 1.807) is 37.9 Å². The molecule has 28 heavy (non-hydrogen) atoms. The first-order valence-corrected chi connectivity index (χ1v) is 10.6. The zero-order valence-electron chi connectivity index (χ0n) is 16.3. The summed E-state index contributed by atoms with van der Waals surface area (Å²) in [5.74, 6) is -1.62. The Morgan fingerprint density at radius 2 is 1.79 bits per heavy atom. The fraction of sp³-hybridized carbons (Fsp3) is 0.450. The molecule has 0 aliphatic heterocycles. The Labute approximate surface area is 174 Å². The van der Waals surface area contributed by atoms with E-state index >= 15 is 0 Å². The maximum absolute atomic E-state index is 12.6. The first-order valence-electron chi connectivity index (χ1n) is 9.28. The van der Waals surface area contributed by atoms with Gasteiger partial charge in [-0.05, 0) is 31.9 Å². The number of aromatic nitrogens is 2. The number of nitrogens with zero attached hydrogens (tertiary/aromatic N) is 2. The van der Waals surface area contributed by atoms with Gasteiger partial charge in [0.15, 0.2) is 11.1 Å². The van der Waals surface area contributed by atoms with Crippen LogP contribution in [0.3, 0.4) is 0 Å². The van der Waals surface area contributed by atoms with Gasteiger partial charge < -0.3 is 14.0 Å². The summed E-state index contributed by atoms with van der Waals surface area (Å²) in [7, 11) is 0. The maximum atomic E-state index is 12.6. The van der Waals surface area contributed by atoms with Gasteiger partial charge in [0.1, 0.15) is 0 Å². The molecule has 0 spiro atoms. The largest absolute Gasteiger partial charge is 0.465 e. The van der Waals surface area contributed by atoms with Crippen molar-refractivity contribution >= 4 is 35.3 Å². The van der Waals surface area contributed by atoms with E-state index in [-0.39, 0.29) is 13.2 Å². The monoisotopic (exact) mass is 424 g/mol. The van der Waals surface area contributed by atoms with E-state index in [4.69, 9.17) is 21.1 Å². The molecule has 1 aromatic carbocycles. The van der Waals surface area contributed by atoms with E-state index in [0.717, 1.165) is 22.9 Å². The summed E-state index contributed by atoms with van der Waals surface area (Å²) in [6.45, 7) is 6.20. The highest BCUT2D eigenvalue weighted by atomic mass is 35.5. The lowest BCUT2D eigenvalue weighted by molar-refractivity contribution is -0.157. The number of ether oxygens (including phenoxy) is 2. The van der Waals surface area contributed by atoms with Crippen LogP contribution in [0.5, 0.6) is 0 Å². The van der Waals surface area contributed by atoms with Crippen LogP contribution in [0.1, 0.15) is 44.4 Å². The molecular weight excluding hydrogens is 400 g/mol. The van der Waals surface area contributed by atoms with Gasteiger partial charge in [-0.3, -0.25) is 9.59 Å². The van der Waals surface area contributed by atoms with Crippen molar-refractivity contribution < 1.29 is 19.1 Å². The summed E-state index contributed by atoms with van der Waals surface area (Å²) in [4.78, 5) is 29.6. The third-order valence-electron chi connectivity index (χ3n) is 3.91. The SMILES string of the molecule is CCCSc1ncc(C(C(=O)OCC)C(=O)OCC)n1Cc1ccccc1Cl. The number of rotatable bonds is 10. The fourth-order valence-corrected chi connectivity index (χ4v) is 3.69. The fourth-order valence-electron chi connectivity index (χ4n) is 2.65. The summed E-state index contributed by atoms with van der Waals surface area (Å²) in [6, 6.07) is 7.46. The van der Waals surface area contributed by atoms with Crippen LogP contribution in [0.15, 0.2) is 35.6 Å². The summed E-state index contributed by atoms with van der Waals surface area (Å²) in [5, 5.41) is 1.33. The number of hydrogen-bond donors (Lipinski definition) is 0. The van der Waals surface area contributed by atoms with Crippen molar-refractivity contribution in [2.24, 2.45) is 0 Å². The zero-order chi connectivity index (χ0) is 20.5. The van der Waals surface area contributed by atoms with Crippen LogP contribution in [-0.4, -0.2) is 40.5 Å². The van der Waals surface area contributed by atoms with Crippen LogP contribution >= 0.6 is 23.4 Å². The number of carbonyl (C=O) groups is 2. The minimum Gasteiger partial charge on any atom is -0.465 e. The molecule has 0 aliphatic rings. The molecule has 0 saturated carbocycles. The Morgan fingerprint density at radius 3 is 2.36 bits per heavy atom. The average molecular weight is 425 g/mol. The third kappa shape index (κ3) is 5.52. The van der Waals surface area contributed by atoms with Crippen molar-refractivity contribution in [1.29, 1.82) is 0 Å². The Hall–Kier alpha value is -1.99. The van der Waals surface area contributed by atoms with Gasteiger partial charge >= 0.3 is 11.9 Å². The lowest BCUT2D eigenvalue weighted by Gasteiger charge is -2.18. The van der Waals surface area contributed by atoms with Crippen LogP contribution in [0.2, 0.25) is 5.02 Å². The number of benzene rings is 1. The predicted molar refractivity (Wildman–Crippen MR) is 110 cm³/mol. The van der Waals surface area contributed by atoms with Gasteiger partial charge in [-0.2, -0.15) is 0 Å². The van der Waals surface area contributed by atoms with Crippen LogP contribution in [0.4, 0.5) is 0 Å². The topological polar surface area (TPSA) is 70.4 Å². The Morgan fingerprint density at radius 1 is 1.14 bits per heavy atom. The predicted octanol–water partition coefficient (Wildman–Crippen LogP) is 4.30. The summed E-state index contributed by atoms with van der Waals surface area (Å²) in [5.41, 5.74) is 1.31. The van der Waals surface area contributed by atoms with E-state index in [2.05, 4.69) is 11.9 Å². The quantitative estimate of drug-likeness (QED) is 0.322. The molecule has 0 bridgehead atoms. The minimum atomic E-state index is -1.19. The molecule has 6 nitrogen and oxygen atoms in total. The molecule has 0 N–H and O–H groups in total. The Kier molecular flexibility index (Phi) is 8.86. The van der Waals surface area contributed by atoms with E-state index in [9.17, 15) is 9.59 Å². The molecule has 0 amide bonds. The highest BCUT2D eigenvalue weighted by Crippen LogP contribution is 2.28. The maximum Gasteiger partial charge on any atom is 0.326 e. The second kappa shape index (κ2) is 11.1. The molecule has 2 rings (SSSR count). The molecule has 0 aliphatic carbocycles. The van der Waals surface area contributed by atoms with Crippen LogP contribution < -0.4 is 0 Å². The van der Waals surface area contributed by atoms with Crippen molar-refractivity contribution in [2.45, 2.75) is 44.8 Å². The van der Waals surface area contributed by atoms with Gasteiger partial charge in [0.2, 0.25) is 0 Å². The number of thioether (sulfide) groups is 1. The normalized spacial score (nSPS) is 10.9. The molecular formula is C20H25ClN2O4S. The van der Waals surface area contributed by atoms with Gasteiger partial charge in [-0.15, -0.1) is 0 Å². The highest BCUT2D eigenvalue weighted by molar-refractivity contribution is 7.99. The number of imidazole rings is 1. The Bertz CT molecular complexity index is 791. The molecule has 0 unspecified atom stereocenters. The lowest BCUT2D eigenvalue weighted by Crippen LogP contribution is -2.28. The van der Waals surface area contributed by atoms with E-state index in [0.29, 0.717) is 17.3 Å². The molecule has 152 valence electrons. The molecule has 1 heterocycles. The number of hydrogen-bond acceptors (Lipinski definition) is 6.